The molecule has 5 atom stereocenters. The number of nitrogens with one attached hydrogen (secondary N) is 1. The minimum Gasteiger partial charge on any atom is -0.485 e. The van der Waals surface area contributed by atoms with Crippen LogP contribution in [0.5, 0.6) is 5.75 Å². The van der Waals surface area contributed by atoms with Gasteiger partial charge in [-0.2, -0.15) is 0 Å². The predicted octanol–water partition coefficient (Wildman–Crippen LogP) is -0.0331. The van der Waals surface area contributed by atoms with E-state index >= 15 is 0 Å². The third kappa shape index (κ3) is 4.32. The molecule has 4 rings (SSSR count). The van der Waals surface area contributed by atoms with Crippen molar-refractivity contribution in [2.75, 3.05) is 12.3 Å². The molecule has 2 aliphatic rings. The van der Waals surface area contributed by atoms with Gasteiger partial charge in [0.15, 0.2) is 5.17 Å². The van der Waals surface area contributed by atoms with Crippen molar-refractivity contribution in [1.29, 1.82) is 0 Å². The van der Waals surface area contributed by atoms with Crippen LogP contribution in [-0.2, 0) is 17.9 Å². The topological polar surface area (TPSA) is 140 Å². The molecule has 1 aromatic carbocycles. The molecule has 10 nitrogen and oxygen atoms in total. The number of benzene rings is 1. The molecule has 11 heteroatoms. The summed E-state index contributed by atoms with van der Waals surface area (Å²) in [5.74, 6) is 0.581. The lowest BCUT2D eigenvalue weighted by atomic mass is 9.98. The Morgan fingerprint density at radius 1 is 1.31 bits per heavy atom. The molecule has 0 aliphatic carbocycles. The summed E-state index contributed by atoms with van der Waals surface area (Å²) < 4.78 is 13.2. The molecule has 1 saturated heterocycles. The van der Waals surface area contributed by atoms with Crippen LogP contribution >= 0.6 is 11.8 Å². The third-order valence-corrected chi connectivity index (χ3v) is 5.83. The molecule has 2 aliphatic heterocycles. The monoisotopic (exact) mass is 420 g/mol. The van der Waals surface area contributed by atoms with E-state index in [4.69, 9.17) is 15.2 Å². The molecule has 0 unspecified atom stereocenters. The number of aliphatic hydroxyl groups is 2. The average molecular weight is 420 g/mol. The Morgan fingerprint density at radius 3 is 2.93 bits per heavy atom. The first kappa shape index (κ1) is 20.0. The highest BCUT2D eigenvalue weighted by Gasteiger charge is 2.48. The summed E-state index contributed by atoms with van der Waals surface area (Å²) in [7, 11) is 0. The minimum atomic E-state index is -1.07. The number of nitrogens with two attached hydrogens (primary N) is 1. The van der Waals surface area contributed by atoms with Crippen molar-refractivity contribution in [3.63, 3.8) is 0 Å². The highest BCUT2D eigenvalue weighted by atomic mass is 32.2. The maximum atomic E-state index is 10.5. The highest BCUT2D eigenvalue weighted by Crippen LogP contribution is 2.36. The summed E-state index contributed by atoms with van der Waals surface area (Å²) in [6.07, 6.45) is -0.990. The van der Waals surface area contributed by atoms with Crippen molar-refractivity contribution in [3.05, 3.63) is 36.2 Å². The number of hydrogen-bond acceptors (Lipinski definition) is 10. The number of ether oxygens (including phenoxy) is 2. The fourth-order valence-corrected chi connectivity index (χ4v) is 4.45. The van der Waals surface area contributed by atoms with Crippen molar-refractivity contribution < 1.29 is 19.7 Å². The van der Waals surface area contributed by atoms with Gasteiger partial charge in [-0.05, 0) is 19.1 Å². The SMILES string of the molecule is CCNC1=N[C@@H]2[C@@H](O)[C@H](O)[C@@H](Cn3cc(COc4ccccc4N)nn3)O[C@@H]2S1. The first-order chi connectivity index (χ1) is 14.0. The van der Waals surface area contributed by atoms with Gasteiger partial charge in [-0.25, -0.2) is 4.68 Å². The molecule has 1 aromatic heterocycles. The molecule has 3 heterocycles. The molecule has 0 saturated carbocycles. The van der Waals surface area contributed by atoms with Gasteiger partial charge in [0.1, 0.15) is 47.8 Å². The van der Waals surface area contributed by atoms with Gasteiger partial charge < -0.3 is 30.7 Å². The minimum absolute atomic E-state index is 0.214. The van der Waals surface area contributed by atoms with E-state index in [1.165, 1.54) is 11.8 Å². The lowest BCUT2D eigenvalue weighted by Crippen LogP contribution is -2.55. The van der Waals surface area contributed by atoms with Crippen molar-refractivity contribution >= 4 is 22.6 Å². The van der Waals surface area contributed by atoms with Crippen LogP contribution in [0.2, 0.25) is 0 Å². The molecule has 0 radical (unpaired) electrons. The van der Waals surface area contributed by atoms with Gasteiger partial charge in [0.25, 0.3) is 0 Å². The second kappa shape index (κ2) is 8.57. The Bertz CT molecular complexity index is 878. The predicted molar refractivity (Wildman–Crippen MR) is 108 cm³/mol. The second-order valence-corrected chi connectivity index (χ2v) is 7.94. The molecule has 156 valence electrons. The van der Waals surface area contributed by atoms with Crippen LogP contribution in [0.3, 0.4) is 0 Å². The van der Waals surface area contributed by atoms with Crippen molar-refractivity contribution in [2.24, 2.45) is 4.99 Å². The molecular weight excluding hydrogens is 396 g/mol. The van der Waals surface area contributed by atoms with Crippen LogP contribution in [0.1, 0.15) is 12.6 Å². The molecule has 1 fully saturated rings. The quantitative estimate of drug-likeness (QED) is 0.474. The average Bonchev–Trinajstić information content (AvgIpc) is 3.32. The summed E-state index contributed by atoms with van der Waals surface area (Å²) in [5, 5.41) is 32.9. The number of fused-ring (bicyclic) bond motifs is 1. The third-order valence-electron chi connectivity index (χ3n) is 4.74. The van der Waals surface area contributed by atoms with Gasteiger partial charge in [-0.15, -0.1) is 5.10 Å². The zero-order chi connectivity index (χ0) is 20.4. The molecule has 0 spiro atoms. The first-order valence-corrected chi connectivity index (χ1v) is 10.3. The zero-order valence-corrected chi connectivity index (χ0v) is 16.7. The number of thioether (sulfide) groups is 1. The number of rotatable bonds is 6. The number of nitrogens with zero attached hydrogens (tertiary/aromatic N) is 4. The second-order valence-electron chi connectivity index (χ2n) is 6.86. The molecular formula is C18H24N6O4S. The maximum absolute atomic E-state index is 10.5. The van der Waals surface area contributed by atoms with E-state index in [0.29, 0.717) is 17.1 Å². The fourth-order valence-electron chi connectivity index (χ4n) is 3.26. The molecule has 5 N–H and O–H groups in total. The Hall–Kier alpha value is -2.34. The van der Waals surface area contributed by atoms with E-state index in [2.05, 4.69) is 20.6 Å². The van der Waals surface area contributed by atoms with Crippen molar-refractivity contribution in [3.8, 4) is 5.75 Å². The number of para-hydroxylation sites is 2. The van der Waals surface area contributed by atoms with E-state index in [9.17, 15) is 10.2 Å². The van der Waals surface area contributed by atoms with E-state index in [-0.39, 0.29) is 18.6 Å². The van der Waals surface area contributed by atoms with Crippen LogP contribution in [0.25, 0.3) is 0 Å². The number of aliphatic imine (C=N–C) groups is 1. The number of anilines is 1. The first-order valence-electron chi connectivity index (χ1n) is 9.41. The van der Waals surface area contributed by atoms with E-state index in [1.54, 1.807) is 23.0 Å². The van der Waals surface area contributed by atoms with Gasteiger partial charge in [0.2, 0.25) is 0 Å². The van der Waals surface area contributed by atoms with Crippen LogP contribution in [-0.4, -0.2) is 66.7 Å². The van der Waals surface area contributed by atoms with Crippen molar-refractivity contribution in [1.82, 2.24) is 20.3 Å². The summed E-state index contributed by atoms with van der Waals surface area (Å²) in [6, 6.07) is 6.74. The summed E-state index contributed by atoms with van der Waals surface area (Å²) in [5.41, 5.74) is 6.68. The molecule has 0 bridgehead atoms. The normalized spacial score (nSPS) is 28.7. The van der Waals surface area contributed by atoms with E-state index in [0.717, 1.165) is 11.7 Å². The van der Waals surface area contributed by atoms with Gasteiger partial charge >= 0.3 is 0 Å². The number of aromatic nitrogens is 3. The standard InChI is InChI=1S/C18H24N6O4S/c1-2-20-18-21-14-16(26)15(25)13(28-17(14)29-18)8-24-7-10(22-23-24)9-27-12-6-4-3-5-11(12)19/h3-7,13-17,25-26H,2,8-9,19H2,1H3,(H,20,21)/t13-,14-,15-,16-,17-/m1/s1. The van der Waals surface area contributed by atoms with E-state index < -0.39 is 24.4 Å². The number of aliphatic hydroxyl groups excluding tert-OH is 2. The van der Waals surface area contributed by atoms with E-state index in [1.807, 2.05) is 19.1 Å². The van der Waals surface area contributed by atoms with Gasteiger partial charge in [-0.1, -0.05) is 29.1 Å². The smallest absolute Gasteiger partial charge is 0.159 e. The largest absolute Gasteiger partial charge is 0.485 e. The summed E-state index contributed by atoms with van der Waals surface area (Å²) in [6.45, 7) is 3.16. The molecule has 29 heavy (non-hydrogen) atoms. The van der Waals surface area contributed by atoms with Gasteiger partial charge in [0, 0.05) is 6.54 Å². The molecule has 0 amide bonds. The summed E-state index contributed by atoms with van der Waals surface area (Å²) >= 11 is 1.42. The zero-order valence-electron chi connectivity index (χ0n) is 15.9. The molecule has 2 aromatic rings. The Balaban J connectivity index is 1.36. The van der Waals surface area contributed by atoms with Gasteiger partial charge in [-0.3, -0.25) is 4.99 Å². The summed E-state index contributed by atoms with van der Waals surface area (Å²) in [4.78, 5) is 4.41. The Labute approximate surface area is 172 Å². The van der Waals surface area contributed by atoms with Gasteiger partial charge in [0.05, 0.1) is 18.4 Å². The lowest BCUT2D eigenvalue weighted by Gasteiger charge is -2.38. The lowest BCUT2D eigenvalue weighted by molar-refractivity contribution is -0.157. The Kier molecular flexibility index (Phi) is 5.90. The maximum Gasteiger partial charge on any atom is 0.159 e. The number of hydrogen-bond donors (Lipinski definition) is 4. The van der Waals surface area contributed by atoms with Crippen LogP contribution < -0.4 is 15.8 Å². The number of nitrogen functional groups attached to an aromatic ring is 1. The fraction of sp³-hybridized carbons (Fsp3) is 0.500. The van der Waals surface area contributed by atoms with Crippen molar-refractivity contribution in [2.45, 2.75) is 49.9 Å². The highest BCUT2D eigenvalue weighted by molar-refractivity contribution is 8.14. The van der Waals surface area contributed by atoms with Crippen LogP contribution in [0, 0.1) is 0 Å². The van der Waals surface area contributed by atoms with Crippen LogP contribution in [0.4, 0.5) is 5.69 Å². The number of amidine groups is 1. The Morgan fingerprint density at radius 2 is 2.14 bits per heavy atom. The van der Waals surface area contributed by atoms with Crippen LogP contribution in [0.15, 0.2) is 35.5 Å².